The van der Waals surface area contributed by atoms with Crippen LogP contribution < -0.4 is 11.1 Å². The van der Waals surface area contributed by atoms with Crippen LogP contribution in [0.5, 0.6) is 0 Å². The van der Waals surface area contributed by atoms with Crippen LogP contribution in [-0.2, 0) is 0 Å². The second kappa shape index (κ2) is 6.26. The maximum absolute atomic E-state index is 5.48. The molecule has 0 amide bonds. The van der Waals surface area contributed by atoms with Crippen molar-refractivity contribution in [1.29, 1.82) is 0 Å². The predicted octanol–water partition coefficient (Wildman–Crippen LogP) is 3.38. The minimum absolute atomic E-state index is 0.800. The molecule has 0 fully saturated rings. The minimum atomic E-state index is 0.800. The molecule has 2 aromatic carbocycles. The molecule has 0 atom stereocenters. The van der Waals surface area contributed by atoms with E-state index in [0.717, 1.165) is 19.5 Å². The van der Waals surface area contributed by atoms with Gasteiger partial charge in [-0.2, -0.15) is 0 Å². The summed E-state index contributed by atoms with van der Waals surface area (Å²) in [5.41, 5.74) is 6.71. The van der Waals surface area contributed by atoms with Crippen molar-refractivity contribution in [3.8, 4) is 0 Å². The number of nitrogens with two attached hydrogens (primary N) is 1. The number of rotatable bonds is 6. The zero-order valence-electron chi connectivity index (χ0n) is 10.2. The lowest BCUT2D eigenvalue weighted by Crippen LogP contribution is -2.04. The average molecular weight is 228 g/mol. The average Bonchev–Trinajstić information content (AvgIpc) is 2.39. The molecule has 0 radical (unpaired) electrons. The van der Waals surface area contributed by atoms with E-state index in [1.807, 2.05) is 0 Å². The Kier molecular flexibility index (Phi) is 4.39. The first kappa shape index (κ1) is 11.9. The van der Waals surface area contributed by atoms with E-state index in [-0.39, 0.29) is 0 Å². The molecule has 3 N–H and O–H groups in total. The fraction of sp³-hybridized carbons (Fsp3) is 0.333. The first-order valence-electron chi connectivity index (χ1n) is 6.33. The monoisotopic (exact) mass is 228 g/mol. The number of hydrogen-bond donors (Lipinski definition) is 2. The zero-order chi connectivity index (χ0) is 11.9. The van der Waals surface area contributed by atoms with Crippen LogP contribution in [0.25, 0.3) is 10.8 Å². The molecule has 2 rings (SSSR count). The number of hydrogen-bond acceptors (Lipinski definition) is 2. The highest BCUT2D eigenvalue weighted by atomic mass is 14.9. The lowest BCUT2D eigenvalue weighted by Gasteiger charge is -2.09. The van der Waals surface area contributed by atoms with Crippen LogP contribution in [0.4, 0.5) is 5.69 Å². The smallest absolute Gasteiger partial charge is 0.0419 e. The summed E-state index contributed by atoms with van der Waals surface area (Å²) in [7, 11) is 0. The molecule has 0 unspecified atom stereocenters. The van der Waals surface area contributed by atoms with Crippen LogP contribution in [-0.4, -0.2) is 13.1 Å². The highest BCUT2D eigenvalue weighted by Crippen LogP contribution is 2.22. The predicted molar refractivity (Wildman–Crippen MR) is 75.3 cm³/mol. The van der Waals surface area contributed by atoms with Gasteiger partial charge in [0.15, 0.2) is 0 Å². The second-order valence-corrected chi connectivity index (χ2v) is 4.30. The van der Waals surface area contributed by atoms with Crippen molar-refractivity contribution in [2.24, 2.45) is 5.73 Å². The van der Waals surface area contributed by atoms with Crippen molar-refractivity contribution >= 4 is 16.5 Å². The normalized spacial score (nSPS) is 10.6. The summed E-state index contributed by atoms with van der Waals surface area (Å²) in [4.78, 5) is 0. The van der Waals surface area contributed by atoms with E-state index in [4.69, 9.17) is 5.73 Å². The summed E-state index contributed by atoms with van der Waals surface area (Å²) < 4.78 is 0. The van der Waals surface area contributed by atoms with Gasteiger partial charge in [0.05, 0.1) is 0 Å². The Morgan fingerprint density at radius 3 is 2.59 bits per heavy atom. The SMILES string of the molecule is NCCCCCNc1cccc2ccccc12. The van der Waals surface area contributed by atoms with Crippen LogP contribution >= 0.6 is 0 Å². The second-order valence-electron chi connectivity index (χ2n) is 4.30. The number of nitrogens with one attached hydrogen (secondary N) is 1. The molecule has 0 aromatic heterocycles. The highest BCUT2D eigenvalue weighted by Gasteiger charge is 1.98. The molecule has 0 aliphatic heterocycles. The fourth-order valence-corrected chi connectivity index (χ4v) is 2.05. The molecule has 2 heteroatoms. The van der Waals surface area contributed by atoms with Crippen molar-refractivity contribution in [1.82, 2.24) is 0 Å². The molecular weight excluding hydrogens is 208 g/mol. The minimum Gasteiger partial charge on any atom is -0.385 e. The van der Waals surface area contributed by atoms with Gasteiger partial charge in [-0.15, -0.1) is 0 Å². The van der Waals surface area contributed by atoms with Gasteiger partial charge in [0.25, 0.3) is 0 Å². The van der Waals surface area contributed by atoms with Crippen LogP contribution in [0.2, 0.25) is 0 Å². The summed E-state index contributed by atoms with van der Waals surface area (Å²) in [5, 5.41) is 6.10. The van der Waals surface area contributed by atoms with E-state index in [1.54, 1.807) is 0 Å². The van der Waals surface area contributed by atoms with Crippen molar-refractivity contribution in [3.05, 3.63) is 42.5 Å². The van der Waals surface area contributed by atoms with Gasteiger partial charge in [-0.25, -0.2) is 0 Å². The summed E-state index contributed by atoms with van der Waals surface area (Å²) in [6.07, 6.45) is 3.51. The maximum atomic E-state index is 5.48. The molecule has 0 saturated carbocycles. The van der Waals surface area contributed by atoms with Gasteiger partial charge in [-0.1, -0.05) is 42.8 Å². The lowest BCUT2D eigenvalue weighted by atomic mass is 10.1. The Labute approximate surface area is 103 Å². The van der Waals surface area contributed by atoms with E-state index in [1.165, 1.54) is 29.3 Å². The Balaban J connectivity index is 1.98. The van der Waals surface area contributed by atoms with E-state index < -0.39 is 0 Å². The molecule has 2 aromatic rings. The molecule has 0 bridgehead atoms. The van der Waals surface area contributed by atoms with Crippen LogP contribution in [0.15, 0.2) is 42.5 Å². The first-order chi connectivity index (χ1) is 8.42. The maximum Gasteiger partial charge on any atom is 0.0419 e. The van der Waals surface area contributed by atoms with Crippen molar-refractivity contribution in [2.75, 3.05) is 18.4 Å². The van der Waals surface area contributed by atoms with Gasteiger partial charge in [-0.05, 0) is 30.8 Å². The summed E-state index contributed by atoms with van der Waals surface area (Å²) in [6, 6.07) is 14.9. The van der Waals surface area contributed by atoms with Gasteiger partial charge in [0.2, 0.25) is 0 Å². The Bertz CT molecular complexity index is 460. The quantitative estimate of drug-likeness (QED) is 0.744. The molecule has 2 nitrogen and oxygen atoms in total. The number of anilines is 1. The lowest BCUT2D eigenvalue weighted by molar-refractivity contribution is 0.707. The Hall–Kier alpha value is -1.54. The summed E-state index contributed by atoms with van der Waals surface area (Å²) in [6.45, 7) is 1.82. The molecule has 0 aliphatic carbocycles. The van der Waals surface area contributed by atoms with Gasteiger partial charge in [0.1, 0.15) is 0 Å². The van der Waals surface area contributed by atoms with Crippen molar-refractivity contribution in [2.45, 2.75) is 19.3 Å². The van der Waals surface area contributed by atoms with Gasteiger partial charge >= 0.3 is 0 Å². The van der Waals surface area contributed by atoms with Gasteiger partial charge < -0.3 is 11.1 Å². The zero-order valence-corrected chi connectivity index (χ0v) is 10.2. The molecule has 0 spiro atoms. The third kappa shape index (κ3) is 3.21. The topological polar surface area (TPSA) is 38.0 Å². The van der Waals surface area contributed by atoms with E-state index in [2.05, 4.69) is 47.8 Å². The van der Waals surface area contributed by atoms with Gasteiger partial charge in [0, 0.05) is 17.6 Å². The molecule has 0 aliphatic rings. The molecule has 0 saturated heterocycles. The van der Waals surface area contributed by atoms with E-state index in [9.17, 15) is 0 Å². The molecular formula is C15H20N2. The third-order valence-corrected chi connectivity index (χ3v) is 2.99. The van der Waals surface area contributed by atoms with Crippen LogP contribution in [0.3, 0.4) is 0 Å². The third-order valence-electron chi connectivity index (χ3n) is 2.99. The first-order valence-corrected chi connectivity index (χ1v) is 6.33. The summed E-state index contributed by atoms with van der Waals surface area (Å²) in [5.74, 6) is 0. The van der Waals surface area contributed by atoms with Crippen LogP contribution in [0.1, 0.15) is 19.3 Å². The van der Waals surface area contributed by atoms with Gasteiger partial charge in [-0.3, -0.25) is 0 Å². The molecule has 17 heavy (non-hydrogen) atoms. The highest BCUT2D eigenvalue weighted by molar-refractivity contribution is 5.93. The van der Waals surface area contributed by atoms with E-state index >= 15 is 0 Å². The fourth-order valence-electron chi connectivity index (χ4n) is 2.05. The Morgan fingerprint density at radius 2 is 1.71 bits per heavy atom. The number of fused-ring (bicyclic) bond motifs is 1. The van der Waals surface area contributed by atoms with E-state index in [0.29, 0.717) is 0 Å². The number of benzene rings is 2. The summed E-state index contributed by atoms with van der Waals surface area (Å²) >= 11 is 0. The number of unbranched alkanes of at least 4 members (excludes halogenated alkanes) is 2. The largest absolute Gasteiger partial charge is 0.385 e. The van der Waals surface area contributed by atoms with Crippen molar-refractivity contribution < 1.29 is 0 Å². The Morgan fingerprint density at radius 1 is 0.882 bits per heavy atom. The van der Waals surface area contributed by atoms with Crippen LogP contribution in [0, 0.1) is 0 Å². The van der Waals surface area contributed by atoms with Crippen molar-refractivity contribution in [3.63, 3.8) is 0 Å². The molecule has 0 heterocycles. The molecule has 90 valence electrons. The standard InChI is InChI=1S/C15H20N2/c16-11-4-1-5-12-17-15-10-6-8-13-7-2-3-9-14(13)15/h2-3,6-10,17H,1,4-5,11-12,16H2.